The lowest BCUT2D eigenvalue weighted by molar-refractivity contribution is -0.291. The Morgan fingerprint density at radius 1 is 1.00 bits per heavy atom. The van der Waals surface area contributed by atoms with Crippen LogP contribution in [-0.4, -0.2) is 47.8 Å². The Kier molecular flexibility index (Phi) is 5.35. The molecule has 0 aliphatic rings. The van der Waals surface area contributed by atoms with Crippen LogP contribution in [0.3, 0.4) is 0 Å². The van der Waals surface area contributed by atoms with Gasteiger partial charge in [-0.25, -0.2) is 9.59 Å². The second kappa shape index (κ2) is 6.61. The quantitative estimate of drug-likeness (QED) is 0.590. The molecule has 1 amide bonds. The first-order chi connectivity index (χ1) is 11.3. The summed E-state index contributed by atoms with van der Waals surface area (Å²) in [6.45, 7) is 0. The molecule has 0 aliphatic heterocycles. The van der Waals surface area contributed by atoms with Crippen molar-refractivity contribution in [2.24, 2.45) is 0 Å². The maximum atomic E-state index is 13.5. The number of aliphatic carboxylic acids is 1. The number of carboxylic acid groups (broad SMARTS) is 1. The van der Waals surface area contributed by atoms with Gasteiger partial charge in [-0.3, -0.25) is 4.79 Å². The van der Waals surface area contributed by atoms with Gasteiger partial charge in [-0.1, -0.05) is 12.1 Å². The van der Waals surface area contributed by atoms with Gasteiger partial charge >= 0.3 is 35.6 Å². The van der Waals surface area contributed by atoms with E-state index < -0.39 is 46.9 Å². The van der Waals surface area contributed by atoms with Crippen molar-refractivity contribution >= 4 is 23.5 Å². The molecule has 0 saturated heterocycles. The smallest absolute Gasteiger partial charge is 0.411 e. The molecule has 2 N–H and O–H groups in total. The molecule has 0 aromatic heterocycles. The molecular formula is C13H9F6NO5. The number of hydrogen-bond acceptors (Lipinski definition) is 4. The lowest BCUT2D eigenvalue weighted by Crippen LogP contribution is -2.62. The third-order valence-electron chi connectivity index (χ3n) is 2.92. The van der Waals surface area contributed by atoms with E-state index in [1.54, 1.807) is 0 Å². The Morgan fingerprint density at radius 3 is 2.00 bits per heavy atom. The minimum Gasteiger partial charge on any atom is -0.477 e. The van der Waals surface area contributed by atoms with Crippen molar-refractivity contribution in [3.05, 3.63) is 29.8 Å². The molecule has 6 nitrogen and oxygen atoms in total. The van der Waals surface area contributed by atoms with E-state index in [0.29, 0.717) is 0 Å². The van der Waals surface area contributed by atoms with Crippen molar-refractivity contribution in [1.29, 1.82) is 0 Å². The standard InChI is InChI=1S/C13H9F6NO5/c1-25-8(21)6-4-2-3-5-7(6)20-9(22)11(14,15)13(18,19)12(16,17)10(23)24/h2-5H,1H3,(H,20,22)(H,23,24). The van der Waals surface area contributed by atoms with Crippen LogP contribution in [0.25, 0.3) is 0 Å². The van der Waals surface area contributed by atoms with E-state index in [0.717, 1.165) is 25.3 Å². The van der Waals surface area contributed by atoms with E-state index in [9.17, 15) is 40.7 Å². The lowest BCUT2D eigenvalue weighted by atomic mass is 10.0. The molecular weight excluding hydrogens is 364 g/mol. The number of methoxy groups -OCH3 is 1. The molecule has 0 heterocycles. The number of anilines is 1. The normalized spacial score (nSPS) is 12.4. The first kappa shape index (κ1) is 20.3. The van der Waals surface area contributed by atoms with Crippen LogP contribution in [0.4, 0.5) is 32.0 Å². The summed E-state index contributed by atoms with van der Waals surface area (Å²) in [5.74, 6) is -26.5. The Balaban J connectivity index is 3.24. The number of esters is 1. The summed E-state index contributed by atoms with van der Waals surface area (Å²) in [6, 6.07) is 4.15. The van der Waals surface area contributed by atoms with Gasteiger partial charge in [0.1, 0.15) is 0 Å². The van der Waals surface area contributed by atoms with E-state index in [4.69, 9.17) is 5.11 Å². The van der Waals surface area contributed by atoms with Gasteiger partial charge in [-0.15, -0.1) is 0 Å². The number of hydrogen-bond donors (Lipinski definition) is 2. The first-order valence-corrected chi connectivity index (χ1v) is 6.16. The number of carbonyl (C=O) groups is 3. The highest BCUT2D eigenvalue weighted by atomic mass is 19.3. The van der Waals surface area contributed by atoms with E-state index in [2.05, 4.69) is 4.74 Å². The molecule has 0 atom stereocenters. The SMILES string of the molecule is COC(=O)c1ccccc1NC(=O)C(F)(F)C(F)(F)C(F)(F)C(=O)O. The van der Waals surface area contributed by atoms with Gasteiger partial charge in [-0.05, 0) is 12.1 Å². The Morgan fingerprint density at radius 2 is 1.52 bits per heavy atom. The summed E-state index contributed by atoms with van der Waals surface area (Å²) in [6.07, 6.45) is 0. The molecule has 1 rings (SSSR count). The van der Waals surface area contributed by atoms with Crippen molar-refractivity contribution in [1.82, 2.24) is 0 Å². The number of amides is 1. The maximum absolute atomic E-state index is 13.5. The van der Waals surface area contributed by atoms with Gasteiger partial charge < -0.3 is 15.2 Å². The zero-order valence-electron chi connectivity index (χ0n) is 12.2. The molecule has 0 spiro atoms. The van der Waals surface area contributed by atoms with Gasteiger partial charge in [0.05, 0.1) is 18.4 Å². The predicted octanol–water partition coefficient (Wildman–Crippen LogP) is 2.40. The monoisotopic (exact) mass is 373 g/mol. The zero-order chi connectivity index (χ0) is 19.6. The Labute approximate surface area is 135 Å². The molecule has 138 valence electrons. The summed E-state index contributed by atoms with van der Waals surface area (Å²) in [5.41, 5.74) is -1.25. The first-order valence-electron chi connectivity index (χ1n) is 6.16. The summed E-state index contributed by atoms with van der Waals surface area (Å²) >= 11 is 0. The van der Waals surface area contributed by atoms with Crippen molar-refractivity contribution in [3.8, 4) is 0 Å². The van der Waals surface area contributed by atoms with Gasteiger partial charge in [-0.2, -0.15) is 26.3 Å². The van der Waals surface area contributed by atoms with E-state index in [1.165, 1.54) is 11.4 Å². The molecule has 0 radical (unpaired) electrons. The van der Waals surface area contributed by atoms with E-state index >= 15 is 0 Å². The predicted molar refractivity (Wildman–Crippen MR) is 68.9 cm³/mol. The zero-order valence-corrected chi connectivity index (χ0v) is 12.2. The number of carbonyl (C=O) groups excluding carboxylic acids is 2. The maximum Gasteiger partial charge on any atom is 0.411 e. The number of carboxylic acids is 1. The third kappa shape index (κ3) is 3.37. The van der Waals surface area contributed by atoms with E-state index in [-0.39, 0.29) is 0 Å². The van der Waals surface area contributed by atoms with Crippen molar-refractivity contribution < 1.29 is 50.6 Å². The Bertz CT molecular complexity index is 706. The largest absolute Gasteiger partial charge is 0.477 e. The number of rotatable bonds is 6. The fraction of sp³-hybridized carbons (Fsp3) is 0.308. The third-order valence-corrected chi connectivity index (χ3v) is 2.92. The van der Waals surface area contributed by atoms with E-state index in [1.807, 2.05) is 0 Å². The fourth-order valence-corrected chi connectivity index (χ4v) is 1.55. The van der Waals surface area contributed by atoms with Crippen LogP contribution in [0.5, 0.6) is 0 Å². The van der Waals surface area contributed by atoms with Crippen LogP contribution >= 0.6 is 0 Å². The van der Waals surface area contributed by atoms with Crippen LogP contribution in [0.15, 0.2) is 24.3 Å². The summed E-state index contributed by atoms with van der Waals surface area (Å²) in [5, 5.41) is 9.19. The molecule has 0 unspecified atom stereocenters. The van der Waals surface area contributed by atoms with Crippen molar-refractivity contribution in [2.45, 2.75) is 17.8 Å². The van der Waals surface area contributed by atoms with Gasteiger partial charge in [0.25, 0.3) is 0 Å². The van der Waals surface area contributed by atoms with Crippen LogP contribution in [0.2, 0.25) is 0 Å². The molecule has 1 aromatic rings. The topological polar surface area (TPSA) is 92.7 Å². The van der Waals surface area contributed by atoms with Crippen molar-refractivity contribution in [2.75, 3.05) is 12.4 Å². The molecule has 12 heteroatoms. The molecule has 25 heavy (non-hydrogen) atoms. The average Bonchev–Trinajstić information content (AvgIpc) is 2.53. The molecule has 1 aromatic carbocycles. The summed E-state index contributed by atoms with van der Waals surface area (Å²) in [4.78, 5) is 32.9. The Hall–Kier alpha value is -2.79. The average molecular weight is 373 g/mol. The molecule has 0 fully saturated rings. The molecule has 0 bridgehead atoms. The lowest BCUT2D eigenvalue weighted by Gasteiger charge is -2.29. The number of benzene rings is 1. The van der Waals surface area contributed by atoms with Crippen LogP contribution < -0.4 is 5.32 Å². The number of para-hydroxylation sites is 1. The van der Waals surface area contributed by atoms with Gasteiger partial charge in [0.2, 0.25) is 0 Å². The highest BCUT2D eigenvalue weighted by Gasteiger charge is 2.78. The number of alkyl halides is 6. The highest BCUT2D eigenvalue weighted by Crippen LogP contribution is 2.46. The number of nitrogens with one attached hydrogen (secondary N) is 1. The van der Waals surface area contributed by atoms with Crippen molar-refractivity contribution in [3.63, 3.8) is 0 Å². The molecule has 0 saturated carbocycles. The molecule has 0 aliphatic carbocycles. The van der Waals surface area contributed by atoms with Gasteiger partial charge in [0.15, 0.2) is 0 Å². The van der Waals surface area contributed by atoms with Crippen LogP contribution in [0.1, 0.15) is 10.4 Å². The second-order valence-corrected chi connectivity index (χ2v) is 4.52. The number of ether oxygens (including phenoxy) is 1. The van der Waals surface area contributed by atoms with Gasteiger partial charge in [0, 0.05) is 0 Å². The second-order valence-electron chi connectivity index (χ2n) is 4.52. The summed E-state index contributed by atoms with van der Waals surface area (Å²) < 4.78 is 83.7. The minimum absolute atomic E-state index is 0.525. The highest BCUT2D eigenvalue weighted by molar-refractivity contribution is 6.04. The van der Waals surface area contributed by atoms with Crippen LogP contribution in [0, 0.1) is 0 Å². The fourth-order valence-electron chi connectivity index (χ4n) is 1.55. The van der Waals surface area contributed by atoms with Crippen LogP contribution in [-0.2, 0) is 14.3 Å². The number of halogens is 6. The summed E-state index contributed by atoms with van der Waals surface area (Å²) in [7, 11) is 0.900. The minimum atomic E-state index is -6.55.